The van der Waals surface area contributed by atoms with Gasteiger partial charge in [0.15, 0.2) is 0 Å². The van der Waals surface area contributed by atoms with Crippen molar-refractivity contribution in [3.63, 3.8) is 0 Å². The number of benzene rings is 1. The van der Waals surface area contributed by atoms with Crippen molar-refractivity contribution in [2.75, 3.05) is 13.2 Å². The van der Waals surface area contributed by atoms with Crippen LogP contribution in [-0.2, 0) is 9.53 Å². The van der Waals surface area contributed by atoms with Gasteiger partial charge < -0.3 is 9.84 Å². The van der Waals surface area contributed by atoms with Gasteiger partial charge in [0.05, 0.1) is 6.10 Å². The second-order valence-electron chi connectivity index (χ2n) is 5.45. The molecule has 2 unspecified atom stereocenters. The van der Waals surface area contributed by atoms with Crippen LogP contribution in [0.25, 0.3) is 0 Å². The van der Waals surface area contributed by atoms with Gasteiger partial charge in [0, 0.05) is 25.6 Å². The molecule has 1 N–H and O–H groups in total. The highest BCUT2D eigenvalue weighted by atomic mass is 16.5. The van der Waals surface area contributed by atoms with Crippen molar-refractivity contribution >= 4 is 5.78 Å². The zero-order chi connectivity index (χ0) is 14.2. The zero-order valence-corrected chi connectivity index (χ0v) is 12.0. The standard InChI is InChI=1S/C17H24O3/c18-12-6-7-13-20-17(14-8-2-1-3-9-14)15-10-4-5-11-16(15)19/h1-3,8-9,15,17-18H,4-7,10-13H2. The maximum Gasteiger partial charge on any atom is 0.138 e. The number of ether oxygens (including phenoxy) is 1. The number of hydrogen-bond donors (Lipinski definition) is 1. The molecule has 1 fully saturated rings. The topological polar surface area (TPSA) is 46.5 Å². The van der Waals surface area contributed by atoms with Crippen molar-refractivity contribution in [2.24, 2.45) is 5.92 Å². The largest absolute Gasteiger partial charge is 0.396 e. The predicted molar refractivity (Wildman–Crippen MR) is 78.4 cm³/mol. The van der Waals surface area contributed by atoms with E-state index in [0.717, 1.165) is 37.7 Å². The highest BCUT2D eigenvalue weighted by molar-refractivity contribution is 5.82. The first-order chi connectivity index (χ1) is 9.83. The van der Waals surface area contributed by atoms with E-state index in [1.807, 2.05) is 30.3 Å². The van der Waals surface area contributed by atoms with E-state index in [0.29, 0.717) is 18.8 Å². The van der Waals surface area contributed by atoms with E-state index in [1.54, 1.807) is 0 Å². The summed E-state index contributed by atoms with van der Waals surface area (Å²) in [6.45, 7) is 0.797. The van der Waals surface area contributed by atoms with Crippen molar-refractivity contribution in [1.29, 1.82) is 0 Å². The lowest BCUT2D eigenvalue weighted by Crippen LogP contribution is -2.27. The first kappa shape index (κ1) is 15.2. The van der Waals surface area contributed by atoms with Gasteiger partial charge in [-0.1, -0.05) is 36.8 Å². The SMILES string of the molecule is O=C1CCCCC1C(OCCCCO)c1ccccc1. The van der Waals surface area contributed by atoms with E-state index in [4.69, 9.17) is 9.84 Å². The van der Waals surface area contributed by atoms with Crippen molar-refractivity contribution < 1.29 is 14.6 Å². The highest BCUT2D eigenvalue weighted by Crippen LogP contribution is 2.34. The Kier molecular flexibility index (Phi) is 6.22. The molecule has 3 nitrogen and oxygen atoms in total. The molecule has 1 aliphatic rings. The zero-order valence-electron chi connectivity index (χ0n) is 12.0. The lowest BCUT2D eigenvalue weighted by atomic mass is 9.81. The Balaban J connectivity index is 2.05. The minimum Gasteiger partial charge on any atom is -0.396 e. The number of unbranched alkanes of at least 4 members (excludes halogenated alkanes) is 1. The highest BCUT2D eigenvalue weighted by Gasteiger charge is 2.31. The molecule has 0 aliphatic heterocycles. The maximum atomic E-state index is 12.2. The second kappa shape index (κ2) is 8.18. The molecule has 0 saturated heterocycles. The Morgan fingerprint density at radius 2 is 2.00 bits per heavy atom. The second-order valence-corrected chi connectivity index (χ2v) is 5.45. The molecule has 2 rings (SSSR count). The van der Waals surface area contributed by atoms with Crippen LogP contribution >= 0.6 is 0 Å². The van der Waals surface area contributed by atoms with Gasteiger partial charge in [-0.3, -0.25) is 4.79 Å². The lowest BCUT2D eigenvalue weighted by Gasteiger charge is -2.29. The normalized spacial score (nSPS) is 20.9. The molecule has 3 heteroatoms. The Hall–Kier alpha value is -1.19. The molecule has 1 aromatic carbocycles. The van der Waals surface area contributed by atoms with Crippen LogP contribution < -0.4 is 0 Å². The molecular formula is C17H24O3. The Labute approximate surface area is 121 Å². The predicted octanol–water partition coefficient (Wildman–Crippen LogP) is 3.28. The minimum atomic E-state index is -0.123. The van der Waals surface area contributed by atoms with Crippen molar-refractivity contribution in [2.45, 2.75) is 44.6 Å². The lowest BCUT2D eigenvalue weighted by molar-refractivity contribution is -0.131. The summed E-state index contributed by atoms with van der Waals surface area (Å²) < 4.78 is 6.01. The summed E-state index contributed by atoms with van der Waals surface area (Å²) in [5, 5.41) is 8.83. The molecule has 1 aromatic rings. The number of aliphatic hydroxyl groups excluding tert-OH is 1. The summed E-state index contributed by atoms with van der Waals surface area (Å²) in [7, 11) is 0. The monoisotopic (exact) mass is 276 g/mol. The van der Waals surface area contributed by atoms with Gasteiger partial charge >= 0.3 is 0 Å². The fraction of sp³-hybridized carbons (Fsp3) is 0.588. The van der Waals surface area contributed by atoms with Gasteiger partial charge in [-0.25, -0.2) is 0 Å². The number of ketones is 1. The number of rotatable bonds is 7. The number of aliphatic hydroxyl groups is 1. The number of carbonyl (C=O) groups is 1. The molecule has 110 valence electrons. The third-order valence-corrected chi connectivity index (χ3v) is 3.95. The summed E-state index contributed by atoms with van der Waals surface area (Å²) in [6.07, 6.45) is 5.21. The van der Waals surface area contributed by atoms with Gasteiger partial charge in [0.1, 0.15) is 5.78 Å². The van der Waals surface area contributed by atoms with Crippen LogP contribution in [0.15, 0.2) is 30.3 Å². The van der Waals surface area contributed by atoms with Crippen molar-refractivity contribution in [3.8, 4) is 0 Å². The number of hydrogen-bond acceptors (Lipinski definition) is 3. The fourth-order valence-corrected chi connectivity index (χ4v) is 2.84. The van der Waals surface area contributed by atoms with E-state index in [2.05, 4.69) is 0 Å². The first-order valence-corrected chi connectivity index (χ1v) is 7.63. The van der Waals surface area contributed by atoms with Crippen molar-refractivity contribution in [3.05, 3.63) is 35.9 Å². The summed E-state index contributed by atoms with van der Waals surface area (Å²) >= 11 is 0. The molecule has 0 spiro atoms. The molecule has 0 radical (unpaired) electrons. The van der Waals surface area contributed by atoms with Crippen LogP contribution in [0, 0.1) is 5.92 Å². The number of carbonyl (C=O) groups excluding carboxylic acids is 1. The molecule has 0 amide bonds. The van der Waals surface area contributed by atoms with Gasteiger partial charge in [-0.05, 0) is 31.2 Å². The quantitative estimate of drug-likeness (QED) is 0.777. The number of Topliss-reactive ketones (excluding diaryl/α,β-unsaturated/α-hetero) is 1. The minimum absolute atomic E-state index is 0.000256. The van der Waals surface area contributed by atoms with E-state index < -0.39 is 0 Å². The third kappa shape index (κ3) is 4.15. The van der Waals surface area contributed by atoms with E-state index in [-0.39, 0.29) is 18.6 Å². The van der Waals surface area contributed by atoms with Crippen LogP contribution in [0.5, 0.6) is 0 Å². The molecule has 0 bridgehead atoms. The maximum absolute atomic E-state index is 12.2. The van der Waals surface area contributed by atoms with Gasteiger partial charge in [0.25, 0.3) is 0 Å². The van der Waals surface area contributed by atoms with E-state index in [9.17, 15) is 4.79 Å². The molecule has 20 heavy (non-hydrogen) atoms. The first-order valence-electron chi connectivity index (χ1n) is 7.63. The van der Waals surface area contributed by atoms with Crippen LogP contribution in [-0.4, -0.2) is 24.1 Å². The van der Waals surface area contributed by atoms with Crippen molar-refractivity contribution in [1.82, 2.24) is 0 Å². The van der Waals surface area contributed by atoms with E-state index >= 15 is 0 Å². The van der Waals surface area contributed by atoms with Crippen LogP contribution in [0.3, 0.4) is 0 Å². The average Bonchev–Trinajstić information content (AvgIpc) is 2.49. The molecule has 0 aromatic heterocycles. The Morgan fingerprint density at radius 1 is 1.20 bits per heavy atom. The fourth-order valence-electron chi connectivity index (χ4n) is 2.84. The van der Waals surface area contributed by atoms with Gasteiger partial charge in [-0.15, -0.1) is 0 Å². The van der Waals surface area contributed by atoms with Crippen LogP contribution in [0.2, 0.25) is 0 Å². The summed E-state index contributed by atoms with van der Waals surface area (Å²) in [5.74, 6) is 0.340. The van der Waals surface area contributed by atoms with Gasteiger partial charge in [0.2, 0.25) is 0 Å². The molecular weight excluding hydrogens is 252 g/mol. The van der Waals surface area contributed by atoms with Gasteiger partial charge in [-0.2, -0.15) is 0 Å². The molecule has 2 atom stereocenters. The Bertz CT molecular complexity index is 402. The molecule has 0 heterocycles. The third-order valence-electron chi connectivity index (χ3n) is 3.95. The molecule has 1 saturated carbocycles. The summed E-state index contributed by atoms with van der Waals surface area (Å²) in [4.78, 5) is 12.2. The smallest absolute Gasteiger partial charge is 0.138 e. The summed E-state index contributed by atoms with van der Waals surface area (Å²) in [6, 6.07) is 10.0. The summed E-state index contributed by atoms with van der Waals surface area (Å²) in [5.41, 5.74) is 1.09. The Morgan fingerprint density at radius 3 is 2.70 bits per heavy atom. The molecule has 1 aliphatic carbocycles. The average molecular weight is 276 g/mol. The van der Waals surface area contributed by atoms with E-state index in [1.165, 1.54) is 0 Å². The van der Waals surface area contributed by atoms with Crippen LogP contribution in [0.4, 0.5) is 0 Å². The van der Waals surface area contributed by atoms with Crippen LogP contribution in [0.1, 0.15) is 50.2 Å².